The van der Waals surface area contributed by atoms with E-state index in [9.17, 15) is 46.3 Å². The number of carbonyl (C=O) groups is 2. The van der Waals surface area contributed by atoms with Gasteiger partial charge in [-0.05, 0) is 80.1 Å². The van der Waals surface area contributed by atoms with Gasteiger partial charge in [0.05, 0.1) is 58.5 Å². The molecule has 266 valence electrons. The molecule has 1 saturated heterocycles. The quantitative estimate of drug-likeness (QED) is 0.199. The van der Waals surface area contributed by atoms with Gasteiger partial charge in [-0.1, -0.05) is 6.92 Å². The van der Waals surface area contributed by atoms with E-state index in [-0.39, 0.29) is 71.7 Å². The molecular formula is C34H34F6N6O4. The van der Waals surface area contributed by atoms with Gasteiger partial charge in [0.2, 0.25) is 0 Å². The summed E-state index contributed by atoms with van der Waals surface area (Å²) in [7, 11) is 0. The van der Waals surface area contributed by atoms with E-state index in [0.29, 0.717) is 31.6 Å². The summed E-state index contributed by atoms with van der Waals surface area (Å²) < 4.78 is 88.2. The highest BCUT2D eigenvalue weighted by Gasteiger charge is 2.47. The number of fused-ring (bicyclic) bond motifs is 1. The molecule has 0 aliphatic carbocycles. The second-order valence-electron chi connectivity index (χ2n) is 12.4. The molecule has 1 amide bonds. The third-order valence-corrected chi connectivity index (χ3v) is 9.23. The molecule has 0 saturated carbocycles. The van der Waals surface area contributed by atoms with Crippen molar-refractivity contribution >= 4 is 23.4 Å². The van der Waals surface area contributed by atoms with E-state index in [1.165, 1.54) is 12.3 Å². The molecule has 3 heterocycles. The zero-order valence-electron chi connectivity index (χ0n) is 27.1. The average Bonchev–Trinajstić information content (AvgIpc) is 3.06. The fraction of sp³-hybridized carbons (Fsp3) is 0.441. The number of halogens is 6. The lowest BCUT2D eigenvalue weighted by molar-refractivity contribution is -0.148. The van der Waals surface area contributed by atoms with Gasteiger partial charge in [0.15, 0.2) is 0 Å². The number of ether oxygens (including phenoxy) is 1. The lowest BCUT2D eigenvalue weighted by Gasteiger charge is -2.46. The van der Waals surface area contributed by atoms with Gasteiger partial charge in [0.25, 0.3) is 0 Å². The maximum atomic E-state index is 13.9. The zero-order chi connectivity index (χ0) is 36.6. The van der Waals surface area contributed by atoms with Crippen molar-refractivity contribution in [3.8, 4) is 6.07 Å². The smallest absolute Gasteiger partial charge is 0.416 e. The number of piperidine rings is 1. The first-order valence-corrected chi connectivity index (χ1v) is 15.9. The molecule has 1 fully saturated rings. The summed E-state index contributed by atoms with van der Waals surface area (Å²) in [5.41, 5.74) is 3.40. The van der Waals surface area contributed by atoms with Crippen LogP contribution in [0.4, 0.5) is 42.5 Å². The third-order valence-electron chi connectivity index (χ3n) is 9.23. The Hall–Kier alpha value is -4.91. The summed E-state index contributed by atoms with van der Waals surface area (Å²) in [6.07, 6.45) is -9.05. The van der Waals surface area contributed by atoms with Crippen LogP contribution in [-0.4, -0.2) is 52.5 Å². The first kappa shape index (κ1) is 36.4. The lowest BCUT2D eigenvalue weighted by Crippen LogP contribution is -2.61. The Kier molecular flexibility index (Phi) is 10.0. The van der Waals surface area contributed by atoms with Gasteiger partial charge in [-0.3, -0.25) is 9.69 Å². The number of nitrogens with zero attached hydrogens (tertiary/aromatic N) is 5. The number of rotatable bonds is 7. The van der Waals surface area contributed by atoms with E-state index >= 15 is 0 Å². The van der Waals surface area contributed by atoms with Gasteiger partial charge in [-0.15, -0.1) is 0 Å². The van der Waals surface area contributed by atoms with Crippen LogP contribution in [0.15, 0.2) is 42.6 Å². The number of hydrogen-bond acceptors (Lipinski definition) is 8. The van der Waals surface area contributed by atoms with Crippen LogP contribution >= 0.6 is 0 Å². The normalized spacial score (nSPS) is 19.9. The van der Waals surface area contributed by atoms with Crippen LogP contribution in [0.5, 0.6) is 0 Å². The first-order valence-electron chi connectivity index (χ1n) is 15.9. The predicted octanol–water partition coefficient (Wildman–Crippen LogP) is 6.84. The minimum absolute atomic E-state index is 0.00784. The highest BCUT2D eigenvalue weighted by molar-refractivity contribution is 5.90. The number of carbonyl (C=O) groups excluding carboxylic acids is 1. The summed E-state index contributed by atoms with van der Waals surface area (Å²) in [6.45, 7) is 4.26. The third kappa shape index (κ3) is 7.32. The molecule has 3 N–H and O–H groups in total. The van der Waals surface area contributed by atoms with E-state index in [0.717, 1.165) is 35.2 Å². The van der Waals surface area contributed by atoms with Crippen molar-refractivity contribution in [1.82, 2.24) is 9.97 Å². The second-order valence-corrected chi connectivity index (χ2v) is 12.4. The van der Waals surface area contributed by atoms with Gasteiger partial charge in [-0.2, -0.15) is 31.6 Å². The number of esters is 1. The Labute approximate surface area is 283 Å². The second kappa shape index (κ2) is 13.8. The van der Waals surface area contributed by atoms with Crippen molar-refractivity contribution in [1.29, 1.82) is 5.26 Å². The molecule has 5 rings (SSSR count). The van der Waals surface area contributed by atoms with Crippen molar-refractivity contribution in [2.75, 3.05) is 29.5 Å². The molecule has 2 aliphatic heterocycles. The topological polar surface area (TPSA) is 146 Å². The van der Waals surface area contributed by atoms with Crippen LogP contribution in [-0.2, 0) is 28.3 Å². The SMILES string of the molecule is CCOC(=O)C1CCN(c2cnc([C@H]3C[C@@](N)(CC)N(C(=O)O)c4ccc(C(F)(F)F)cc43)nc2Cc2cc(C#N)cc(C(F)(F)F)c2)CC1. The summed E-state index contributed by atoms with van der Waals surface area (Å²) in [5.74, 6) is -1.74. The Morgan fingerprint density at radius 2 is 1.72 bits per heavy atom. The summed E-state index contributed by atoms with van der Waals surface area (Å²) in [4.78, 5) is 36.8. The highest BCUT2D eigenvalue weighted by atomic mass is 19.4. The van der Waals surface area contributed by atoms with Gasteiger partial charge >= 0.3 is 24.4 Å². The van der Waals surface area contributed by atoms with E-state index in [4.69, 9.17) is 15.5 Å². The van der Waals surface area contributed by atoms with Gasteiger partial charge < -0.3 is 20.5 Å². The van der Waals surface area contributed by atoms with Crippen LogP contribution in [0.3, 0.4) is 0 Å². The Morgan fingerprint density at radius 3 is 2.30 bits per heavy atom. The van der Waals surface area contributed by atoms with Crippen LogP contribution in [0.1, 0.15) is 84.8 Å². The van der Waals surface area contributed by atoms with Gasteiger partial charge in [0, 0.05) is 25.4 Å². The van der Waals surface area contributed by atoms with Crippen LogP contribution in [0, 0.1) is 17.2 Å². The molecular weight excluding hydrogens is 670 g/mol. The van der Waals surface area contributed by atoms with E-state index in [2.05, 4.69) is 4.98 Å². The average molecular weight is 705 g/mol. The highest BCUT2D eigenvalue weighted by Crippen LogP contribution is 2.47. The van der Waals surface area contributed by atoms with Crippen LogP contribution in [0.2, 0.25) is 0 Å². The van der Waals surface area contributed by atoms with Crippen LogP contribution < -0.4 is 15.5 Å². The number of anilines is 2. The van der Waals surface area contributed by atoms with Crippen LogP contribution in [0.25, 0.3) is 0 Å². The van der Waals surface area contributed by atoms with E-state index < -0.39 is 41.2 Å². The fourth-order valence-electron chi connectivity index (χ4n) is 6.65. The Morgan fingerprint density at radius 1 is 1.04 bits per heavy atom. The lowest BCUT2D eigenvalue weighted by atomic mass is 9.80. The number of alkyl halides is 6. The molecule has 10 nitrogen and oxygen atoms in total. The molecule has 16 heteroatoms. The molecule has 50 heavy (non-hydrogen) atoms. The van der Waals surface area contributed by atoms with Crippen molar-refractivity contribution in [2.45, 2.75) is 69.9 Å². The maximum absolute atomic E-state index is 13.9. The number of aromatic nitrogens is 2. The number of benzene rings is 2. The number of nitrogens with two attached hydrogens (primary N) is 1. The number of amides is 1. The minimum atomic E-state index is -4.76. The summed E-state index contributed by atoms with van der Waals surface area (Å²) in [6, 6.07) is 7.33. The largest absolute Gasteiger partial charge is 0.466 e. The fourth-order valence-corrected chi connectivity index (χ4v) is 6.65. The molecule has 0 bridgehead atoms. The predicted molar refractivity (Wildman–Crippen MR) is 168 cm³/mol. The van der Waals surface area contributed by atoms with Gasteiger partial charge in [0.1, 0.15) is 11.5 Å². The number of hydrogen-bond donors (Lipinski definition) is 2. The number of carboxylic acid groups (broad SMARTS) is 1. The van der Waals surface area contributed by atoms with Crippen molar-refractivity contribution < 1.29 is 45.8 Å². The maximum Gasteiger partial charge on any atom is 0.416 e. The molecule has 2 aromatic carbocycles. The molecule has 2 atom stereocenters. The Balaban J connectivity index is 1.65. The van der Waals surface area contributed by atoms with Crippen molar-refractivity contribution in [2.24, 2.45) is 11.7 Å². The molecule has 1 aromatic heterocycles. The molecule has 0 unspecified atom stereocenters. The molecule has 3 aromatic rings. The van der Waals surface area contributed by atoms with Crippen molar-refractivity contribution in [3.63, 3.8) is 0 Å². The Bertz CT molecular complexity index is 1820. The van der Waals surface area contributed by atoms with E-state index in [1.807, 2.05) is 4.90 Å². The van der Waals surface area contributed by atoms with Crippen molar-refractivity contribution in [3.05, 3.63) is 81.9 Å². The monoisotopic (exact) mass is 704 g/mol. The van der Waals surface area contributed by atoms with Gasteiger partial charge in [-0.25, -0.2) is 14.8 Å². The molecule has 2 aliphatic rings. The first-order chi connectivity index (χ1) is 23.5. The summed E-state index contributed by atoms with van der Waals surface area (Å²) in [5, 5.41) is 19.6. The minimum Gasteiger partial charge on any atom is -0.466 e. The molecule has 0 spiro atoms. The standard InChI is InChI=1S/C34H34F6N6O4/c1-3-32(42)16-25(24-15-22(33(35,36)37)5-6-27(24)46(32)31(48)49)29-43-18-28(45-9-7-21(8-10-45)30(47)50-4-2)26(44-29)14-19-11-20(17-41)13-23(12-19)34(38,39)40/h5-6,11-13,15,18,21,25H,3-4,7-10,14,16,42H2,1-2H3,(H,48,49)/t25-,32+/m0/s1. The van der Waals surface area contributed by atoms with E-state index in [1.54, 1.807) is 19.9 Å². The number of nitriles is 1. The zero-order valence-corrected chi connectivity index (χ0v) is 27.1. The molecule has 0 radical (unpaired) electrons. The summed E-state index contributed by atoms with van der Waals surface area (Å²) >= 11 is 0.